The van der Waals surface area contributed by atoms with Crippen LogP contribution >= 0.6 is 0 Å². The molecule has 0 rings (SSSR count). The highest BCUT2D eigenvalue weighted by Crippen LogP contribution is 2.16. The maximum absolute atomic E-state index is 11.0. The molecule has 0 aromatic rings. The molecule has 0 radical (unpaired) electrons. The van der Waals surface area contributed by atoms with Crippen LogP contribution in [0, 0.1) is 11.3 Å². The smallest absolute Gasteiger partial charge is 0.224 e. The van der Waals surface area contributed by atoms with E-state index < -0.39 is 11.0 Å². The number of amides is 1. The molecule has 0 spiro atoms. The van der Waals surface area contributed by atoms with Crippen LogP contribution in [0.25, 0.3) is 0 Å². The number of carbonyl (C=O) groups excluding carboxylic acids is 1. The van der Waals surface area contributed by atoms with Gasteiger partial charge in [-0.3, -0.25) is 4.79 Å². The molecular formula is C11H24N2O2. The van der Waals surface area contributed by atoms with Crippen molar-refractivity contribution in [1.82, 2.24) is 5.32 Å². The Bertz CT molecular complexity index is 223. The third kappa shape index (κ3) is 4.62. The van der Waals surface area contributed by atoms with E-state index in [1.807, 2.05) is 13.8 Å². The number of primary amides is 1. The van der Waals surface area contributed by atoms with Crippen molar-refractivity contribution < 1.29 is 9.90 Å². The molecular weight excluding hydrogens is 192 g/mol. The molecule has 1 atom stereocenters. The van der Waals surface area contributed by atoms with E-state index in [0.29, 0.717) is 13.1 Å². The molecule has 1 unspecified atom stereocenters. The van der Waals surface area contributed by atoms with E-state index in [2.05, 4.69) is 5.32 Å². The fourth-order valence-corrected chi connectivity index (χ4v) is 0.919. The van der Waals surface area contributed by atoms with Crippen molar-refractivity contribution in [3.05, 3.63) is 0 Å². The van der Waals surface area contributed by atoms with Crippen LogP contribution in [0.4, 0.5) is 0 Å². The summed E-state index contributed by atoms with van der Waals surface area (Å²) in [6.07, 6.45) is 0. The van der Waals surface area contributed by atoms with Gasteiger partial charge in [-0.25, -0.2) is 0 Å². The average molecular weight is 216 g/mol. The fraction of sp³-hybridized carbons (Fsp3) is 0.909. The third-order valence-corrected chi connectivity index (χ3v) is 2.96. The molecule has 0 saturated carbocycles. The van der Waals surface area contributed by atoms with Gasteiger partial charge < -0.3 is 16.2 Å². The van der Waals surface area contributed by atoms with Crippen molar-refractivity contribution in [2.75, 3.05) is 13.1 Å². The summed E-state index contributed by atoms with van der Waals surface area (Å²) in [5.41, 5.74) is 3.91. The average Bonchev–Trinajstić information content (AvgIpc) is 2.02. The Hall–Kier alpha value is -0.610. The molecule has 0 aromatic heterocycles. The van der Waals surface area contributed by atoms with Gasteiger partial charge in [-0.15, -0.1) is 0 Å². The van der Waals surface area contributed by atoms with E-state index in [9.17, 15) is 9.90 Å². The molecule has 4 N–H and O–H groups in total. The van der Waals surface area contributed by atoms with Crippen LogP contribution in [0.5, 0.6) is 0 Å². The Morgan fingerprint density at radius 1 is 1.33 bits per heavy atom. The molecule has 0 aromatic carbocycles. The molecule has 0 aliphatic carbocycles. The van der Waals surface area contributed by atoms with E-state index in [4.69, 9.17) is 5.73 Å². The normalized spacial score (nSPS) is 16.5. The summed E-state index contributed by atoms with van der Waals surface area (Å²) in [7, 11) is 0. The van der Waals surface area contributed by atoms with Gasteiger partial charge in [0.2, 0.25) is 5.91 Å². The zero-order valence-electron chi connectivity index (χ0n) is 10.4. The van der Waals surface area contributed by atoms with Gasteiger partial charge in [-0.05, 0) is 26.7 Å². The van der Waals surface area contributed by atoms with E-state index in [-0.39, 0.29) is 11.8 Å². The van der Waals surface area contributed by atoms with Gasteiger partial charge in [0.15, 0.2) is 0 Å². The highest BCUT2D eigenvalue weighted by molar-refractivity contribution is 5.80. The lowest BCUT2D eigenvalue weighted by atomic mass is 9.90. The first-order chi connectivity index (χ1) is 6.59. The molecule has 0 fully saturated rings. The van der Waals surface area contributed by atoms with E-state index >= 15 is 0 Å². The molecule has 0 saturated heterocycles. The molecule has 0 aliphatic rings. The molecule has 1 amide bonds. The van der Waals surface area contributed by atoms with Gasteiger partial charge in [0.1, 0.15) is 0 Å². The topological polar surface area (TPSA) is 75.3 Å². The van der Waals surface area contributed by atoms with Gasteiger partial charge in [-0.1, -0.05) is 13.8 Å². The number of carbonyl (C=O) groups is 1. The number of aliphatic hydroxyl groups is 1. The molecule has 0 heterocycles. The van der Waals surface area contributed by atoms with Gasteiger partial charge in [0, 0.05) is 13.1 Å². The summed E-state index contributed by atoms with van der Waals surface area (Å²) in [6.45, 7) is 10.2. The Labute approximate surface area is 92.2 Å². The first-order valence-electron chi connectivity index (χ1n) is 5.32. The Morgan fingerprint density at radius 3 is 2.13 bits per heavy atom. The maximum atomic E-state index is 11.0. The van der Waals surface area contributed by atoms with Gasteiger partial charge in [-0.2, -0.15) is 0 Å². The highest BCUT2D eigenvalue weighted by atomic mass is 16.3. The minimum Gasteiger partial charge on any atom is -0.389 e. The predicted molar refractivity (Wildman–Crippen MR) is 61.3 cm³/mol. The molecule has 15 heavy (non-hydrogen) atoms. The molecule has 4 nitrogen and oxygen atoms in total. The van der Waals surface area contributed by atoms with Gasteiger partial charge in [0.25, 0.3) is 0 Å². The number of hydrogen-bond acceptors (Lipinski definition) is 3. The Balaban J connectivity index is 4.05. The summed E-state index contributed by atoms with van der Waals surface area (Å²) in [4.78, 5) is 11.0. The lowest BCUT2D eigenvalue weighted by Crippen LogP contribution is -2.47. The monoisotopic (exact) mass is 216 g/mol. The van der Waals surface area contributed by atoms with Crippen molar-refractivity contribution in [2.45, 2.75) is 40.2 Å². The van der Waals surface area contributed by atoms with E-state index in [1.54, 1.807) is 20.8 Å². The van der Waals surface area contributed by atoms with E-state index in [1.165, 1.54) is 0 Å². The predicted octanol–water partition coefficient (Wildman–Crippen LogP) is 0.495. The lowest BCUT2D eigenvalue weighted by Gasteiger charge is -2.30. The lowest BCUT2D eigenvalue weighted by molar-refractivity contribution is -0.125. The van der Waals surface area contributed by atoms with Gasteiger partial charge in [0.05, 0.1) is 11.0 Å². The fourth-order valence-electron chi connectivity index (χ4n) is 0.919. The molecule has 0 aliphatic heterocycles. The zero-order chi connectivity index (χ0) is 12.3. The SMILES string of the molecule is CC(C)C(C)(O)CNCC(C)(C)C(N)=O. The molecule has 0 bridgehead atoms. The summed E-state index contributed by atoms with van der Waals surface area (Å²) in [5, 5.41) is 13.0. The first kappa shape index (κ1) is 14.4. The summed E-state index contributed by atoms with van der Waals surface area (Å²) >= 11 is 0. The Morgan fingerprint density at radius 2 is 1.80 bits per heavy atom. The summed E-state index contributed by atoms with van der Waals surface area (Å²) < 4.78 is 0. The minimum atomic E-state index is -0.756. The highest BCUT2D eigenvalue weighted by Gasteiger charge is 2.28. The molecule has 90 valence electrons. The standard InChI is InChI=1S/C11H24N2O2/c1-8(2)11(5,15)7-13-6-10(3,4)9(12)14/h8,13,15H,6-7H2,1-5H3,(H2,12,14). The summed E-state index contributed by atoms with van der Waals surface area (Å²) in [5.74, 6) is -0.166. The van der Waals surface area contributed by atoms with Gasteiger partial charge >= 0.3 is 0 Å². The van der Waals surface area contributed by atoms with Crippen molar-refractivity contribution >= 4 is 5.91 Å². The van der Waals surface area contributed by atoms with Crippen molar-refractivity contribution in [3.63, 3.8) is 0 Å². The van der Waals surface area contributed by atoms with Crippen LogP contribution < -0.4 is 11.1 Å². The van der Waals surface area contributed by atoms with Crippen LogP contribution in [0.15, 0.2) is 0 Å². The summed E-state index contributed by atoms with van der Waals surface area (Å²) in [6, 6.07) is 0. The number of hydrogen-bond donors (Lipinski definition) is 3. The van der Waals surface area contributed by atoms with Crippen LogP contribution in [-0.2, 0) is 4.79 Å². The Kier molecular flexibility index (Phi) is 4.74. The van der Waals surface area contributed by atoms with Crippen LogP contribution in [-0.4, -0.2) is 29.7 Å². The second-order valence-corrected chi connectivity index (χ2v) is 5.36. The number of nitrogens with two attached hydrogens (primary N) is 1. The molecule has 4 heteroatoms. The van der Waals surface area contributed by atoms with Crippen LogP contribution in [0.2, 0.25) is 0 Å². The van der Waals surface area contributed by atoms with Crippen molar-refractivity contribution in [1.29, 1.82) is 0 Å². The number of nitrogens with one attached hydrogen (secondary N) is 1. The second kappa shape index (κ2) is 4.94. The quantitative estimate of drug-likeness (QED) is 0.605. The van der Waals surface area contributed by atoms with E-state index in [0.717, 1.165) is 0 Å². The van der Waals surface area contributed by atoms with Crippen LogP contribution in [0.3, 0.4) is 0 Å². The second-order valence-electron chi connectivity index (χ2n) is 5.36. The maximum Gasteiger partial charge on any atom is 0.224 e. The number of rotatable bonds is 6. The van der Waals surface area contributed by atoms with Crippen molar-refractivity contribution in [2.24, 2.45) is 17.1 Å². The third-order valence-electron chi connectivity index (χ3n) is 2.96. The largest absolute Gasteiger partial charge is 0.389 e. The van der Waals surface area contributed by atoms with Crippen LogP contribution in [0.1, 0.15) is 34.6 Å². The minimum absolute atomic E-state index is 0.168. The zero-order valence-corrected chi connectivity index (χ0v) is 10.4. The first-order valence-corrected chi connectivity index (χ1v) is 5.32. The van der Waals surface area contributed by atoms with Crippen molar-refractivity contribution in [3.8, 4) is 0 Å².